The van der Waals surface area contributed by atoms with Gasteiger partial charge >= 0.3 is 0 Å². The molecule has 1 unspecified atom stereocenters. The molecular formula is C28H31FN4O. The molecule has 0 spiro atoms. The second-order valence-corrected chi connectivity index (χ2v) is 9.84. The normalized spacial score (nSPS) is 22.2. The van der Waals surface area contributed by atoms with Crippen molar-refractivity contribution in [3.05, 3.63) is 71.2 Å². The first-order valence-electron chi connectivity index (χ1n) is 12.1. The molecule has 0 saturated carbocycles. The van der Waals surface area contributed by atoms with E-state index in [9.17, 15) is 9.18 Å². The summed E-state index contributed by atoms with van der Waals surface area (Å²) in [7, 11) is 0. The maximum Gasteiger partial charge on any atom is 0.251 e. The van der Waals surface area contributed by atoms with Gasteiger partial charge in [0.1, 0.15) is 5.82 Å². The van der Waals surface area contributed by atoms with E-state index in [1.165, 1.54) is 18.4 Å². The van der Waals surface area contributed by atoms with Crippen LogP contribution in [0.5, 0.6) is 0 Å². The first-order valence-corrected chi connectivity index (χ1v) is 12.1. The molecule has 0 radical (unpaired) electrons. The number of carbonyl (C=O) groups excluding carboxylic acids is 1. The standard InChI is InChI=1S/C28H31FN4O/c1-16-11-19(12-17(2)32-16)13-18-3-5-20(6-4-18)24-15-25(27(30)33-26(24)29)21-7-8-23-22(14-21)9-10-31-28(23)34/h3-8,14-17,19,32H,9-13H2,1-2H3,(H2,30,33)(H,31,34)/t16-,17+,19?. The quantitative estimate of drug-likeness (QED) is 0.493. The summed E-state index contributed by atoms with van der Waals surface area (Å²) in [6.45, 7) is 5.11. The highest BCUT2D eigenvalue weighted by Crippen LogP contribution is 2.33. The minimum absolute atomic E-state index is 0.0628. The van der Waals surface area contributed by atoms with E-state index in [-0.39, 0.29) is 11.7 Å². The van der Waals surface area contributed by atoms with Crippen molar-refractivity contribution < 1.29 is 9.18 Å². The van der Waals surface area contributed by atoms with Crippen LogP contribution in [0.4, 0.5) is 10.2 Å². The van der Waals surface area contributed by atoms with Gasteiger partial charge in [0.2, 0.25) is 5.95 Å². The fraction of sp³-hybridized carbons (Fsp3) is 0.357. The fourth-order valence-electron chi connectivity index (χ4n) is 5.57. The van der Waals surface area contributed by atoms with Crippen LogP contribution in [-0.4, -0.2) is 29.5 Å². The summed E-state index contributed by atoms with van der Waals surface area (Å²) in [4.78, 5) is 16.1. The lowest BCUT2D eigenvalue weighted by Gasteiger charge is -2.33. The Kier molecular flexibility index (Phi) is 6.09. The molecule has 1 saturated heterocycles. The molecule has 3 aromatic rings. The summed E-state index contributed by atoms with van der Waals surface area (Å²) in [5.41, 5.74) is 11.8. The summed E-state index contributed by atoms with van der Waals surface area (Å²) in [5.74, 6) is 0.163. The largest absolute Gasteiger partial charge is 0.383 e. The van der Waals surface area contributed by atoms with Crippen molar-refractivity contribution in [3.8, 4) is 22.3 Å². The number of hydrogen-bond donors (Lipinski definition) is 3. The van der Waals surface area contributed by atoms with Crippen LogP contribution in [0.1, 0.15) is 48.2 Å². The number of nitrogens with one attached hydrogen (secondary N) is 2. The second-order valence-electron chi connectivity index (χ2n) is 9.84. The molecule has 0 aliphatic carbocycles. The Balaban J connectivity index is 1.41. The Bertz CT molecular complexity index is 1210. The number of anilines is 1. The van der Waals surface area contributed by atoms with Crippen LogP contribution in [0.2, 0.25) is 0 Å². The van der Waals surface area contributed by atoms with Crippen LogP contribution in [0.25, 0.3) is 22.3 Å². The predicted molar refractivity (Wildman–Crippen MR) is 134 cm³/mol. The third-order valence-corrected chi connectivity index (χ3v) is 7.08. The zero-order valence-corrected chi connectivity index (χ0v) is 19.7. The third kappa shape index (κ3) is 4.55. The number of piperidine rings is 1. The van der Waals surface area contributed by atoms with Crippen LogP contribution in [0.3, 0.4) is 0 Å². The van der Waals surface area contributed by atoms with E-state index in [1.807, 2.05) is 24.3 Å². The highest BCUT2D eigenvalue weighted by Gasteiger charge is 2.23. The zero-order chi connectivity index (χ0) is 23.8. The van der Waals surface area contributed by atoms with Gasteiger partial charge in [0.05, 0.1) is 0 Å². The molecule has 1 amide bonds. The lowest BCUT2D eigenvalue weighted by atomic mass is 9.84. The predicted octanol–water partition coefficient (Wildman–Crippen LogP) is 4.74. The van der Waals surface area contributed by atoms with Crippen molar-refractivity contribution in [2.45, 2.75) is 51.6 Å². The number of hydrogen-bond acceptors (Lipinski definition) is 4. The van der Waals surface area contributed by atoms with Gasteiger partial charge in [-0.2, -0.15) is 4.39 Å². The van der Waals surface area contributed by atoms with Crippen LogP contribution in [0.15, 0.2) is 48.5 Å². The lowest BCUT2D eigenvalue weighted by Crippen LogP contribution is -2.42. The highest BCUT2D eigenvalue weighted by atomic mass is 19.1. The van der Waals surface area contributed by atoms with Crippen LogP contribution < -0.4 is 16.4 Å². The van der Waals surface area contributed by atoms with Gasteiger partial charge in [0.25, 0.3) is 5.91 Å². The molecule has 6 heteroatoms. The lowest BCUT2D eigenvalue weighted by molar-refractivity contribution is 0.0946. The molecule has 1 aromatic heterocycles. The van der Waals surface area contributed by atoms with E-state index in [1.54, 1.807) is 12.1 Å². The molecule has 2 aliphatic heterocycles. The number of fused-ring (bicyclic) bond motifs is 1. The Hall–Kier alpha value is -3.25. The maximum atomic E-state index is 14.9. The second kappa shape index (κ2) is 9.18. The number of nitrogens with two attached hydrogens (primary N) is 1. The van der Waals surface area contributed by atoms with Crippen molar-refractivity contribution in [1.29, 1.82) is 0 Å². The number of halogens is 1. The molecule has 5 nitrogen and oxygen atoms in total. The minimum atomic E-state index is -0.577. The van der Waals surface area contributed by atoms with E-state index < -0.39 is 5.95 Å². The Morgan fingerprint density at radius 1 is 0.971 bits per heavy atom. The van der Waals surface area contributed by atoms with Gasteiger partial charge in [0.15, 0.2) is 0 Å². The maximum absolute atomic E-state index is 14.9. The molecule has 2 aromatic carbocycles. The molecule has 3 heterocycles. The average molecular weight is 459 g/mol. The molecular weight excluding hydrogens is 427 g/mol. The molecule has 0 bridgehead atoms. The van der Waals surface area contributed by atoms with Gasteiger partial charge in [-0.05, 0) is 79.8 Å². The fourth-order valence-corrected chi connectivity index (χ4v) is 5.57. The Morgan fingerprint density at radius 2 is 1.68 bits per heavy atom. The summed E-state index contributed by atoms with van der Waals surface area (Å²) < 4.78 is 14.9. The topological polar surface area (TPSA) is 80.0 Å². The van der Waals surface area contributed by atoms with Crippen LogP contribution in [-0.2, 0) is 12.8 Å². The van der Waals surface area contributed by atoms with Crippen molar-refractivity contribution in [2.24, 2.45) is 5.92 Å². The van der Waals surface area contributed by atoms with E-state index in [0.29, 0.717) is 41.2 Å². The summed E-state index contributed by atoms with van der Waals surface area (Å²) in [6.07, 6.45) is 4.14. The number of benzene rings is 2. The monoisotopic (exact) mass is 458 g/mol. The smallest absolute Gasteiger partial charge is 0.251 e. The van der Waals surface area contributed by atoms with E-state index in [4.69, 9.17) is 5.73 Å². The van der Waals surface area contributed by atoms with Gasteiger partial charge in [-0.1, -0.05) is 36.4 Å². The number of nitrogens with zero attached hydrogens (tertiary/aromatic N) is 1. The third-order valence-electron chi connectivity index (χ3n) is 7.08. The van der Waals surface area contributed by atoms with Crippen molar-refractivity contribution in [2.75, 3.05) is 12.3 Å². The van der Waals surface area contributed by atoms with E-state index >= 15 is 0 Å². The average Bonchev–Trinajstić information content (AvgIpc) is 2.79. The molecule has 1 fully saturated rings. The molecule has 34 heavy (non-hydrogen) atoms. The first-order chi connectivity index (χ1) is 16.4. The van der Waals surface area contributed by atoms with E-state index in [2.05, 4.69) is 41.6 Å². The number of pyridine rings is 1. The molecule has 4 N–H and O–H groups in total. The summed E-state index contributed by atoms with van der Waals surface area (Å²) in [5, 5.41) is 6.45. The van der Waals surface area contributed by atoms with Gasteiger partial charge < -0.3 is 16.4 Å². The molecule has 5 rings (SSSR count). The minimum Gasteiger partial charge on any atom is -0.383 e. The summed E-state index contributed by atoms with van der Waals surface area (Å²) >= 11 is 0. The van der Waals surface area contributed by atoms with Crippen LogP contribution in [0, 0.1) is 11.9 Å². The Morgan fingerprint density at radius 3 is 2.41 bits per heavy atom. The number of amides is 1. The van der Waals surface area contributed by atoms with Gasteiger partial charge in [0, 0.05) is 35.3 Å². The first kappa shape index (κ1) is 22.5. The molecule has 2 aliphatic rings. The van der Waals surface area contributed by atoms with E-state index in [0.717, 1.165) is 29.5 Å². The number of aromatic nitrogens is 1. The van der Waals surface area contributed by atoms with Gasteiger partial charge in [-0.15, -0.1) is 0 Å². The van der Waals surface area contributed by atoms with Crippen molar-refractivity contribution >= 4 is 11.7 Å². The van der Waals surface area contributed by atoms with Gasteiger partial charge in [-0.3, -0.25) is 4.79 Å². The number of carbonyl (C=O) groups is 1. The SMILES string of the molecule is C[C@@H]1CC(Cc2ccc(-c3cc(-c4ccc5c(c4)CCNC5=O)c(N)nc3F)cc2)C[C@H](C)N1. The molecule has 3 atom stereocenters. The van der Waals surface area contributed by atoms with Crippen molar-refractivity contribution in [1.82, 2.24) is 15.6 Å². The van der Waals surface area contributed by atoms with Crippen molar-refractivity contribution in [3.63, 3.8) is 0 Å². The number of rotatable bonds is 4. The number of nitrogen functional groups attached to an aromatic ring is 1. The van der Waals surface area contributed by atoms with Gasteiger partial charge in [-0.25, -0.2) is 4.98 Å². The zero-order valence-electron chi connectivity index (χ0n) is 19.7. The highest BCUT2D eigenvalue weighted by molar-refractivity contribution is 5.97. The summed E-state index contributed by atoms with van der Waals surface area (Å²) in [6, 6.07) is 16.6. The Labute approximate surface area is 200 Å². The van der Waals surface area contributed by atoms with Crippen LogP contribution >= 0.6 is 0 Å². The molecule has 176 valence electrons.